The van der Waals surface area contributed by atoms with Crippen LogP contribution in [0.15, 0.2) is 6.33 Å². The van der Waals surface area contributed by atoms with Crippen molar-refractivity contribution in [3.05, 3.63) is 16.8 Å². The van der Waals surface area contributed by atoms with Crippen LogP contribution in [0.2, 0.25) is 0 Å². The normalized spacial score (nSPS) is 19.3. The van der Waals surface area contributed by atoms with Gasteiger partial charge >= 0.3 is 5.97 Å². The third-order valence-corrected chi connectivity index (χ3v) is 4.87. The van der Waals surface area contributed by atoms with Gasteiger partial charge in [-0.05, 0) is 32.3 Å². The highest BCUT2D eigenvalue weighted by molar-refractivity contribution is 7.18. The van der Waals surface area contributed by atoms with Crippen LogP contribution in [-0.2, 0) is 4.79 Å². The lowest BCUT2D eigenvalue weighted by molar-refractivity contribution is -0.138. The molecule has 0 amide bonds. The van der Waals surface area contributed by atoms with Crippen LogP contribution in [0, 0.1) is 13.8 Å². The van der Waals surface area contributed by atoms with Crippen LogP contribution in [0.5, 0.6) is 0 Å². The second-order valence-corrected chi connectivity index (χ2v) is 6.05. The molecule has 1 aliphatic heterocycles. The van der Waals surface area contributed by atoms with E-state index < -0.39 is 12.0 Å². The van der Waals surface area contributed by atoms with Crippen LogP contribution in [0.4, 0.5) is 5.82 Å². The van der Waals surface area contributed by atoms with Crippen molar-refractivity contribution in [2.24, 2.45) is 0 Å². The standard InChI is InChI=1S/C13H15N3O2S/c1-7-8(2)19-12-10(7)11(14-6-15-12)16-5-3-4-9(16)13(17)18/h6,9H,3-5H2,1-2H3,(H,17,18). The molecular weight excluding hydrogens is 262 g/mol. The summed E-state index contributed by atoms with van der Waals surface area (Å²) in [6.07, 6.45) is 3.11. The fraction of sp³-hybridized carbons (Fsp3) is 0.462. The van der Waals surface area contributed by atoms with E-state index in [4.69, 9.17) is 0 Å². The van der Waals surface area contributed by atoms with Crippen LogP contribution >= 0.6 is 11.3 Å². The molecule has 0 bridgehead atoms. The van der Waals surface area contributed by atoms with Crippen molar-refractivity contribution in [3.8, 4) is 0 Å². The fourth-order valence-corrected chi connectivity index (χ4v) is 3.65. The van der Waals surface area contributed by atoms with Gasteiger partial charge < -0.3 is 10.0 Å². The van der Waals surface area contributed by atoms with Crippen molar-refractivity contribution in [3.63, 3.8) is 0 Å². The zero-order valence-corrected chi connectivity index (χ0v) is 11.7. The highest BCUT2D eigenvalue weighted by Crippen LogP contribution is 2.36. The van der Waals surface area contributed by atoms with Crippen molar-refractivity contribution < 1.29 is 9.90 Å². The minimum Gasteiger partial charge on any atom is -0.480 e. The summed E-state index contributed by atoms with van der Waals surface area (Å²) in [5.41, 5.74) is 1.16. The first kappa shape index (κ1) is 12.3. The number of carbonyl (C=O) groups is 1. The minimum absolute atomic E-state index is 0.460. The molecule has 0 spiro atoms. The maximum absolute atomic E-state index is 11.3. The first-order chi connectivity index (χ1) is 9.09. The topological polar surface area (TPSA) is 66.3 Å². The number of rotatable bonds is 2. The largest absolute Gasteiger partial charge is 0.480 e. The number of thiophene rings is 1. The van der Waals surface area contributed by atoms with Crippen LogP contribution in [0.25, 0.3) is 10.2 Å². The predicted octanol–water partition coefficient (Wildman–Crippen LogP) is 2.36. The highest BCUT2D eigenvalue weighted by Gasteiger charge is 2.33. The lowest BCUT2D eigenvalue weighted by Crippen LogP contribution is -2.36. The van der Waals surface area contributed by atoms with Gasteiger partial charge in [-0.25, -0.2) is 14.8 Å². The van der Waals surface area contributed by atoms with Gasteiger partial charge in [-0.3, -0.25) is 0 Å². The Morgan fingerprint density at radius 3 is 3.00 bits per heavy atom. The van der Waals surface area contributed by atoms with E-state index in [1.807, 2.05) is 11.8 Å². The number of carboxylic acid groups (broad SMARTS) is 1. The number of aliphatic carboxylic acids is 1. The molecule has 5 nitrogen and oxygen atoms in total. The lowest BCUT2D eigenvalue weighted by atomic mass is 10.2. The molecule has 1 fully saturated rings. The third kappa shape index (κ3) is 1.87. The van der Waals surface area contributed by atoms with Crippen LogP contribution < -0.4 is 4.90 Å². The zero-order chi connectivity index (χ0) is 13.6. The second-order valence-electron chi connectivity index (χ2n) is 4.85. The molecule has 0 aromatic carbocycles. The number of hydrogen-bond acceptors (Lipinski definition) is 5. The summed E-state index contributed by atoms with van der Waals surface area (Å²) in [4.78, 5) is 24.0. The first-order valence-corrected chi connectivity index (χ1v) is 7.11. The smallest absolute Gasteiger partial charge is 0.326 e. The van der Waals surface area contributed by atoms with Gasteiger partial charge in [0.05, 0.1) is 5.39 Å². The molecule has 3 rings (SSSR count). The van der Waals surface area contributed by atoms with E-state index in [1.165, 1.54) is 11.2 Å². The third-order valence-electron chi connectivity index (χ3n) is 3.76. The van der Waals surface area contributed by atoms with E-state index in [9.17, 15) is 9.90 Å². The quantitative estimate of drug-likeness (QED) is 0.912. The minimum atomic E-state index is -0.770. The van der Waals surface area contributed by atoms with Crippen molar-refractivity contribution >= 4 is 33.3 Å². The van der Waals surface area contributed by atoms with Crippen molar-refractivity contribution in [2.75, 3.05) is 11.4 Å². The van der Waals surface area contributed by atoms with Gasteiger partial charge in [0, 0.05) is 11.4 Å². The molecule has 19 heavy (non-hydrogen) atoms. The summed E-state index contributed by atoms with van der Waals surface area (Å²) in [5.74, 6) is 0.00520. The van der Waals surface area contributed by atoms with Gasteiger partial charge in [0.1, 0.15) is 23.0 Å². The summed E-state index contributed by atoms with van der Waals surface area (Å²) in [6.45, 7) is 4.86. The predicted molar refractivity (Wildman–Crippen MR) is 74.9 cm³/mol. The molecule has 0 radical (unpaired) electrons. The molecule has 2 aromatic rings. The van der Waals surface area contributed by atoms with Gasteiger partial charge in [-0.15, -0.1) is 11.3 Å². The molecule has 3 heterocycles. The molecule has 1 saturated heterocycles. The molecule has 0 saturated carbocycles. The van der Waals surface area contributed by atoms with Crippen molar-refractivity contribution in [1.82, 2.24) is 9.97 Å². The Balaban J connectivity index is 2.17. The number of aryl methyl sites for hydroxylation is 2. The number of hydrogen-bond donors (Lipinski definition) is 1. The highest BCUT2D eigenvalue weighted by atomic mass is 32.1. The van der Waals surface area contributed by atoms with E-state index >= 15 is 0 Å². The Hall–Kier alpha value is -1.69. The Kier molecular flexibility index (Phi) is 2.89. The van der Waals surface area contributed by atoms with E-state index in [0.29, 0.717) is 6.42 Å². The van der Waals surface area contributed by atoms with Crippen LogP contribution in [0.1, 0.15) is 23.3 Å². The number of fused-ring (bicyclic) bond motifs is 1. The zero-order valence-electron chi connectivity index (χ0n) is 10.9. The molecule has 1 unspecified atom stereocenters. The van der Waals surface area contributed by atoms with E-state index in [0.717, 1.165) is 34.6 Å². The Morgan fingerprint density at radius 2 is 2.26 bits per heavy atom. The molecule has 1 aliphatic rings. The van der Waals surface area contributed by atoms with Gasteiger partial charge in [0.2, 0.25) is 0 Å². The van der Waals surface area contributed by atoms with Gasteiger partial charge in [0.15, 0.2) is 0 Å². The molecule has 1 atom stereocenters. The lowest BCUT2D eigenvalue weighted by Gasteiger charge is -2.23. The second kappa shape index (κ2) is 4.45. The number of nitrogens with zero attached hydrogens (tertiary/aromatic N) is 3. The maximum atomic E-state index is 11.3. The molecule has 1 N–H and O–H groups in total. The summed E-state index contributed by atoms with van der Waals surface area (Å²) in [7, 11) is 0. The molecule has 0 aliphatic carbocycles. The van der Waals surface area contributed by atoms with Gasteiger partial charge in [0.25, 0.3) is 0 Å². The van der Waals surface area contributed by atoms with E-state index in [1.54, 1.807) is 11.3 Å². The Labute approximate surface area is 114 Å². The average Bonchev–Trinajstić information content (AvgIpc) is 2.96. The number of anilines is 1. The summed E-state index contributed by atoms with van der Waals surface area (Å²) >= 11 is 1.64. The van der Waals surface area contributed by atoms with Crippen molar-refractivity contribution in [2.45, 2.75) is 32.7 Å². The molecule has 100 valence electrons. The van der Waals surface area contributed by atoms with E-state index in [2.05, 4.69) is 16.9 Å². The summed E-state index contributed by atoms with van der Waals surface area (Å²) < 4.78 is 0. The number of carboxylic acids is 1. The Bertz CT molecular complexity index is 653. The number of aromatic nitrogens is 2. The molecular formula is C13H15N3O2S. The molecule has 2 aromatic heterocycles. The molecule has 6 heteroatoms. The van der Waals surface area contributed by atoms with Gasteiger partial charge in [-0.1, -0.05) is 0 Å². The Morgan fingerprint density at radius 1 is 1.47 bits per heavy atom. The maximum Gasteiger partial charge on any atom is 0.326 e. The average molecular weight is 277 g/mol. The van der Waals surface area contributed by atoms with E-state index in [-0.39, 0.29) is 0 Å². The summed E-state index contributed by atoms with van der Waals surface area (Å²) in [6, 6.07) is -0.460. The van der Waals surface area contributed by atoms with Crippen LogP contribution in [0.3, 0.4) is 0 Å². The van der Waals surface area contributed by atoms with Crippen molar-refractivity contribution in [1.29, 1.82) is 0 Å². The monoisotopic (exact) mass is 277 g/mol. The summed E-state index contributed by atoms with van der Waals surface area (Å²) in [5, 5.41) is 10.3. The first-order valence-electron chi connectivity index (χ1n) is 6.29. The van der Waals surface area contributed by atoms with Crippen LogP contribution in [-0.4, -0.2) is 33.6 Å². The van der Waals surface area contributed by atoms with Gasteiger partial charge in [-0.2, -0.15) is 0 Å². The fourth-order valence-electron chi connectivity index (χ4n) is 2.66. The SMILES string of the molecule is Cc1sc2ncnc(N3CCCC3C(=O)O)c2c1C.